The third kappa shape index (κ3) is 4.99. The molecule has 0 aliphatic rings. The quantitative estimate of drug-likeness (QED) is 0.309. The Bertz CT molecular complexity index is 111. The number of hydrogen-bond donors (Lipinski definition) is 2. The molecule has 0 radical (unpaired) electrons. The molecule has 0 bridgehead atoms. The van der Waals surface area contributed by atoms with Gasteiger partial charge in [-0.25, -0.2) is 4.79 Å². The molecular weight excluding hydrogens is 122 g/mol. The molecule has 2 N–H and O–H groups in total. The van der Waals surface area contributed by atoms with Crippen LogP contribution in [0.1, 0.15) is 6.92 Å². The van der Waals surface area contributed by atoms with Gasteiger partial charge >= 0.3 is 5.97 Å². The van der Waals surface area contributed by atoms with Crippen LogP contribution in [-0.4, -0.2) is 17.3 Å². The minimum absolute atomic E-state index is 0.615. The molecule has 1 atom stereocenters. The van der Waals surface area contributed by atoms with E-state index in [0.29, 0.717) is 0 Å². The minimum atomic E-state index is -0.853. The van der Waals surface area contributed by atoms with E-state index in [2.05, 4.69) is 11.4 Å². The molecule has 0 amide bonds. The molecule has 9 heavy (non-hydrogen) atoms. The van der Waals surface area contributed by atoms with Gasteiger partial charge in [0.05, 0.1) is 0 Å². The van der Waals surface area contributed by atoms with Crippen molar-refractivity contribution in [3.05, 3.63) is 12.7 Å². The fraction of sp³-hybridized carbons (Fsp3) is 0.400. The Hall–Kier alpha value is -0.870. The van der Waals surface area contributed by atoms with Gasteiger partial charge in [0, 0.05) is 6.08 Å². The third-order valence-electron chi connectivity index (χ3n) is 0.497. The van der Waals surface area contributed by atoms with Crippen LogP contribution in [0, 0.1) is 0 Å². The van der Waals surface area contributed by atoms with Gasteiger partial charge in [-0.1, -0.05) is 6.58 Å². The van der Waals surface area contributed by atoms with Crippen molar-refractivity contribution < 1.29 is 14.7 Å². The summed E-state index contributed by atoms with van der Waals surface area (Å²) in [6, 6.07) is 0. The van der Waals surface area contributed by atoms with Crippen LogP contribution >= 0.6 is 0 Å². The van der Waals surface area contributed by atoms with E-state index in [4.69, 9.17) is 5.11 Å². The van der Waals surface area contributed by atoms with E-state index < -0.39 is 12.2 Å². The molecule has 0 aliphatic heterocycles. The fourth-order valence-corrected chi connectivity index (χ4v) is 0.185. The highest BCUT2D eigenvalue weighted by atomic mass is 16.7. The lowest BCUT2D eigenvalue weighted by molar-refractivity contribution is -0.152. The summed E-state index contributed by atoms with van der Waals surface area (Å²) in [6.45, 7) is 4.57. The monoisotopic (exact) mass is 131 g/mol. The second-order valence-electron chi connectivity index (χ2n) is 1.42. The van der Waals surface area contributed by atoms with E-state index in [9.17, 15) is 4.79 Å². The van der Waals surface area contributed by atoms with Gasteiger partial charge in [0.1, 0.15) is 6.23 Å². The lowest BCUT2D eigenvalue weighted by atomic mass is 10.7. The van der Waals surface area contributed by atoms with E-state index in [1.807, 2.05) is 5.48 Å². The first-order valence-electron chi connectivity index (χ1n) is 2.43. The van der Waals surface area contributed by atoms with Gasteiger partial charge in [0.25, 0.3) is 0 Å². The smallest absolute Gasteiger partial charge is 0.348 e. The first-order chi connectivity index (χ1) is 4.16. The predicted octanol–water partition coefficient (Wildman–Crippen LogP) is -0.442. The summed E-state index contributed by atoms with van der Waals surface area (Å²) in [7, 11) is 0. The second kappa shape index (κ2) is 4.05. The Morgan fingerprint density at radius 1 is 2.00 bits per heavy atom. The highest BCUT2D eigenvalue weighted by Crippen LogP contribution is 1.75. The number of rotatable bonds is 3. The van der Waals surface area contributed by atoms with E-state index >= 15 is 0 Å². The maximum atomic E-state index is 10.2. The van der Waals surface area contributed by atoms with Crippen LogP contribution in [0.2, 0.25) is 0 Å². The zero-order valence-corrected chi connectivity index (χ0v) is 5.13. The van der Waals surface area contributed by atoms with E-state index in [0.717, 1.165) is 6.08 Å². The van der Waals surface area contributed by atoms with Crippen molar-refractivity contribution in [3.63, 3.8) is 0 Å². The molecule has 1 unspecified atom stereocenters. The average Bonchev–Trinajstić information content (AvgIpc) is 1.83. The highest BCUT2D eigenvalue weighted by Gasteiger charge is 1.96. The van der Waals surface area contributed by atoms with Gasteiger partial charge in [0.15, 0.2) is 0 Å². The van der Waals surface area contributed by atoms with Gasteiger partial charge in [0.2, 0.25) is 0 Å². The number of carbonyl (C=O) groups excluding carboxylic acids is 1. The number of nitrogens with one attached hydrogen (secondary N) is 1. The minimum Gasteiger partial charge on any atom is -0.376 e. The van der Waals surface area contributed by atoms with Crippen molar-refractivity contribution in [2.45, 2.75) is 13.2 Å². The molecule has 0 aromatic carbocycles. The van der Waals surface area contributed by atoms with E-state index in [1.54, 1.807) is 0 Å². The summed E-state index contributed by atoms with van der Waals surface area (Å²) in [5.74, 6) is -0.615. The van der Waals surface area contributed by atoms with Crippen LogP contribution in [0.25, 0.3) is 0 Å². The number of hydroxylamine groups is 1. The Morgan fingerprint density at radius 3 is 2.89 bits per heavy atom. The number of aliphatic hydroxyl groups excluding tert-OH is 1. The molecule has 0 aromatic heterocycles. The van der Waals surface area contributed by atoms with Crippen molar-refractivity contribution in [2.24, 2.45) is 0 Å². The summed E-state index contributed by atoms with van der Waals surface area (Å²) in [5.41, 5.74) is 2.03. The zero-order chi connectivity index (χ0) is 7.28. The average molecular weight is 131 g/mol. The lowest BCUT2D eigenvalue weighted by Gasteiger charge is -2.03. The second-order valence-corrected chi connectivity index (χ2v) is 1.42. The normalized spacial score (nSPS) is 12.2. The van der Waals surface area contributed by atoms with E-state index in [-0.39, 0.29) is 0 Å². The maximum Gasteiger partial charge on any atom is 0.348 e. The molecular formula is C5H9NO3. The van der Waals surface area contributed by atoms with Crippen LogP contribution < -0.4 is 5.48 Å². The predicted molar refractivity (Wildman–Crippen MR) is 31.1 cm³/mol. The molecule has 0 spiro atoms. The molecule has 0 heterocycles. The van der Waals surface area contributed by atoms with Crippen molar-refractivity contribution in [2.75, 3.05) is 0 Å². The molecule has 0 aromatic rings. The van der Waals surface area contributed by atoms with Crippen LogP contribution in [0.15, 0.2) is 12.7 Å². The van der Waals surface area contributed by atoms with Crippen molar-refractivity contribution in [1.82, 2.24) is 5.48 Å². The van der Waals surface area contributed by atoms with Crippen LogP contribution in [-0.2, 0) is 9.63 Å². The van der Waals surface area contributed by atoms with Crippen LogP contribution in [0.3, 0.4) is 0 Å². The Balaban J connectivity index is 3.27. The lowest BCUT2D eigenvalue weighted by Crippen LogP contribution is -2.27. The fourth-order valence-electron chi connectivity index (χ4n) is 0.185. The maximum absolute atomic E-state index is 10.2. The molecule has 0 fully saturated rings. The van der Waals surface area contributed by atoms with Crippen LogP contribution in [0.4, 0.5) is 0 Å². The van der Waals surface area contributed by atoms with Crippen LogP contribution in [0.5, 0.6) is 0 Å². The van der Waals surface area contributed by atoms with Crippen molar-refractivity contribution in [1.29, 1.82) is 0 Å². The van der Waals surface area contributed by atoms with Gasteiger partial charge in [-0.05, 0) is 6.92 Å². The molecule has 0 saturated carbocycles. The SMILES string of the molecule is C=CC(=O)ONC(C)O. The number of aliphatic hydroxyl groups is 1. The molecule has 52 valence electrons. The Kier molecular flexibility index (Phi) is 3.66. The zero-order valence-electron chi connectivity index (χ0n) is 5.13. The number of hydrogen-bond acceptors (Lipinski definition) is 4. The van der Waals surface area contributed by atoms with Gasteiger partial charge < -0.3 is 9.94 Å². The van der Waals surface area contributed by atoms with Gasteiger partial charge in [-0.2, -0.15) is 0 Å². The Labute approximate surface area is 53.1 Å². The molecule has 4 nitrogen and oxygen atoms in total. The summed E-state index contributed by atoms with van der Waals surface area (Å²) >= 11 is 0. The van der Waals surface area contributed by atoms with Crippen molar-refractivity contribution in [3.8, 4) is 0 Å². The molecule has 4 heteroatoms. The standard InChI is InChI=1S/C5H9NO3/c1-3-5(8)9-6-4(2)7/h3-4,6-7H,1H2,2H3. The van der Waals surface area contributed by atoms with Gasteiger partial charge in [-0.15, -0.1) is 5.48 Å². The molecule has 0 aliphatic carbocycles. The highest BCUT2D eigenvalue weighted by molar-refractivity contribution is 5.80. The summed E-state index contributed by atoms with van der Waals surface area (Å²) in [6.07, 6.45) is 0.143. The topological polar surface area (TPSA) is 58.6 Å². The summed E-state index contributed by atoms with van der Waals surface area (Å²) in [5, 5.41) is 8.47. The largest absolute Gasteiger partial charge is 0.376 e. The first kappa shape index (κ1) is 8.13. The van der Waals surface area contributed by atoms with Gasteiger partial charge in [-0.3, -0.25) is 0 Å². The van der Waals surface area contributed by atoms with E-state index in [1.165, 1.54) is 6.92 Å². The van der Waals surface area contributed by atoms with Crippen molar-refractivity contribution >= 4 is 5.97 Å². The first-order valence-corrected chi connectivity index (χ1v) is 2.43. The molecule has 0 rings (SSSR count). The Morgan fingerprint density at radius 2 is 2.56 bits per heavy atom. The number of carbonyl (C=O) groups is 1. The summed E-state index contributed by atoms with van der Waals surface area (Å²) < 4.78 is 0. The summed E-state index contributed by atoms with van der Waals surface area (Å²) in [4.78, 5) is 14.4. The molecule has 0 saturated heterocycles. The third-order valence-corrected chi connectivity index (χ3v) is 0.497.